The molecule has 33 heavy (non-hydrogen) atoms. The monoisotopic (exact) mass is 442 g/mol. The average molecular weight is 443 g/mol. The van der Waals surface area contributed by atoms with Crippen LogP contribution in [0.1, 0.15) is 18.4 Å². The van der Waals surface area contributed by atoms with Crippen molar-refractivity contribution < 1.29 is 23.8 Å². The summed E-state index contributed by atoms with van der Waals surface area (Å²) in [6.45, 7) is 4.22. The molecule has 0 N–H and O–H groups in total. The van der Waals surface area contributed by atoms with Crippen molar-refractivity contribution in [3.05, 3.63) is 103 Å². The minimum Gasteiger partial charge on any atom is -0.494 e. The van der Waals surface area contributed by atoms with Gasteiger partial charge in [0.15, 0.2) is 0 Å². The molecule has 3 rings (SSSR count). The van der Waals surface area contributed by atoms with Crippen LogP contribution in [0.15, 0.2) is 97.6 Å². The van der Waals surface area contributed by atoms with Crippen molar-refractivity contribution in [1.82, 2.24) is 0 Å². The van der Waals surface area contributed by atoms with Crippen LogP contribution < -0.4 is 9.47 Å². The van der Waals surface area contributed by atoms with Crippen molar-refractivity contribution in [3.63, 3.8) is 0 Å². The first-order valence-electron chi connectivity index (χ1n) is 10.7. The Morgan fingerprint density at radius 3 is 2.06 bits per heavy atom. The van der Waals surface area contributed by atoms with Gasteiger partial charge in [-0.15, -0.1) is 0 Å². The fraction of sp³-hybridized carbons (Fsp3) is 0.143. The molecule has 0 radical (unpaired) electrons. The number of ether oxygens (including phenoxy) is 3. The lowest BCUT2D eigenvalue weighted by atomic mass is 10.1. The van der Waals surface area contributed by atoms with E-state index in [4.69, 9.17) is 14.2 Å². The maximum Gasteiger partial charge on any atom is 0.336 e. The summed E-state index contributed by atoms with van der Waals surface area (Å²) in [4.78, 5) is 23.1. The van der Waals surface area contributed by atoms with E-state index in [1.54, 1.807) is 18.2 Å². The lowest BCUT2D eigenvalue weighted by Gasteiger charge is -2.06. The predicted octanol–water partition coefficient (Wildman–Crippen LogP) is 5.86. The Hall–Kier alpha value is -4.12. The van der Waals surface area contributed by atoms with Crippen molar-refractivity contribution in [2.45, 2.75) is 12.8 Å². The summed E-state index contributed by atoms with van der Waals surface area (Å²) in [6.07, 6.45) is 5.72. The molecule has 0 aliphatic rings. The van der Waals surface area contributed by atoms with Gasteiger partial charge in [-0.1, -0.05) is 61.2 Å². The van der Waals surface area contributed by atoms with E-state index >= 15 is 0 Å². The second-order valence-electron chi connectivity index (χ2n) is 7.14. The van der Waals surface area contributed by atoms with E-state index < -0.39 is 11.9 Å². The summed E-state index contributed by atoms with van der Waals surface area (Å²) < 4.78 is 15.9. The molecule has 0 spiro atoms. The molecule has 0 saturated heterocycles. The lowest BCUT2D eigenvalue weighted by molar-refractivity contribution is -0.137. The van der Waals surface area contributed by atoms with Crippen molar-refractivity contribution in [2.24, 2.45) is 0 Å². The molecule has 0 amide bonds. The topological polar surface area (TPSA) is 61.8 Å². The molecule has 0 aliphatic heterocycles. The van der Waals surface area contributed by atoms with E-state index in [0.29, 0.717) is 19.0 Å². The van der Waals surface area contributed by atoms with Crippen LogP contribution in [0.2, 0.25) is 0 Å². The van der Waals surface area contributed by atoms with Gasteiger partial charge in [-0.25, -0.2) is 9.59 Å². The first-order valence-corrected chi connectivity index (χ1v) is 10.7. The maximum atomic E-state index is 12.1. The number of unbranched alkanes of at least 4 members (excludes halogenated alkanes) is 1. The molecule has 3 aromatic carbocycles. The summed E-state index contributed by atoms with van der Waals surface area (Å²) in [5.74, 6) is 0.369. The Morgan fingerprint density at radius 1 is 0.727 bits per heavy atom. The third-order valence-electron chi connectivity index (χ3n) is 4.69. The van der Waals surface area contributed by atoms with Gasteiger partial charge < -0.3 is 14.2 Å². The van der Waals surface area contributed by atoms with Gasteiger partial charge in [-0.05, 0) is 59.9 Å². The first-order chi connectivity index (χ1) is 16.1. The van der Waals surface area contributed by atoms with E-state index in [2.05, 4.69) is 6.58 Å². The van der Waals surface area contributed by atoms with Crippen LogP contribution in [0.5, 0.6) is 11.5 Å². The highest BCUT2D eigenvalue weighted by Crippen LogP contribution is 2.22. The molecule has 0 atom stereocenters. The molecule has 0 heterocycles. The molecule has 168 valence electrons. The molecule has 0 bridgehead atoms. The molecular formula is C28H26O5. The fourth-order valence-corrected chi connectivity index (χ4v) is 2.96. The highest BCUT2D eigenvalue weighted by atomic mass is 16.5. The van der Waals surface area contributed by atoms with E-state index in [1.807, 2.05) is 66.7 Å². The fourth-order valence-electron chi connectivity index (χ4n) is 2.96. The molecule has 0 saturated carbocycles. The summed E-state index contributed by atoms with van der Waals surface area (Å²) in [5.41, 5.74) is 3.02. The molecule has 5 heteroatoms. The second-order valence-corrected chi connectivity index (χ2v) is 7.14. The van der Waals surface area contributed by atoms with Crippen molar-refractivity contribution >= 4 is 18.0 Å². The number of hydrogen-bond acceptors (Lipinski definition) is 5. The normalized spacial score (nSPS) is 10.5. The van der Waals surface area contributed by atoms with Crippen LogP contribution in [-0.4, -0.2) is 25.2 Å². The zero-order valence-electron chi connectivity index (χ0n) is 18.3. The minimum absolute atomic E-state index is 0.352. The summed E-state index contributed by atoms with van der Waals surface area (Å²) in [7, 11) is 0. The first kappa shape index (κ1) is 23.5. The zero-order chi connectivity index (χ0) is 23.3. The summed E-state index contributed by atoms with van der Waals surface area (Å²) in [6, 6.07) is 24.8. The van der Waals surface area contributed by atoms with Gasteiger partial charge in [0.2, 0.25) is 0 Å². The molecule has 0 unspecified atom stereocenters. The standard InChI is InChI=1S/C28H26O5/c1-2-27(29)32-21-7-6-20-31-25-15-10-22(11-16-25)12-19-28(30)33-26-17-13-24(14-18-26)23-8-4-3-5-9-23/h2-5,8-19H,1,6-7,20-21H2. The predicted molar refractivity (Wildman–Crippen MR) is 129 cm³/mol. The van der Waals surface area contributed by atoms with Crippen molar-refractivity contribution in [1.29, 1.82) is 0 Å². The quantitative estimate of drug-likeness (QED) is 0.161. The van der Waals surface area contributed by atoms with Crippen molar-refractivity contribution in [3.8, 4) is 22.6 Å². The van der Waals surface area contributed by atoms with E-state index in [0.717, 1.165) is 41.4 Å². The Balaban J connectivity index is 1.40. The Kier molecular flexibility index (Phi) is 9.04. The minimum atomic E-state index is -0.444. The largest absolute Gasteiger partial charge is 0.494 e. The van der Waals surface area contributed by atoms with Crippen LogP contribution >= 0.6 is 0 Å². The van der Waals surface area contributed by atoms with Crippen LogP contribution in [0.4, 0.5) is 0 Å². The number of esters is 2. The van der Waals surface area contributed by atoms with E-state index in [-0.39, 0.29) is 0 Å². The van der Waals surface area contributed by atoms with Crippen LogP contribution in [0.25, 0.3) is 17.2 Å². The summed E-state index contributed by atoms with van der Waals surface area (Å²) >= 11 is 0. The van der Waals surface area contributed by atoms with Gasteiger partial charge in [-0.2, -0.15) is 0 Å². The number of hydrogen-bond donors (Lipinski definition) is 0. The van der Waals surface area contributed by atoms with E-state index in [1.165, 1.54) is 6.08 Å². The number of carbonyl (C=O) groups is 2. The second kappa shape index (κ2) is 12.7. The number of benzene rings is 3. The molecule has 5 nitrogen and oxygen atoms in total. The third kappa shape index (κ3) is 8.15. The highest BCUT2D eigenvalue weighted by molar-refractivity contribution is 5.88. The molecule has 0 aliphatic carbocycles. The summed E-state index contributed by atoms with van der Waals surface area (Å²) in [5, 5.41) is 0. The smallest absolute Gasteiger partial charge is 0.336 e. The Labute approximate surface area is 193 Å². The van der Waals surface area contributed by atoms with Crippen LogP contribution in [0.3, 0.4) is 0 Å². The van der Waals surface area contributed by atoms with Crippen LogP contribution in [0, 0.1) is 0 Å². The zero-order valence-corrected chi connectivity index (χ0v) is 18.3. The molecule has 0 aromatic heterocycles. The third-order valence-corrected chi connectivity index (χ3v) is 4.69. The van der Waals surface area contributed by atoms with Gasteiger partial charge in [0.1, 0.15) is 11.5 Å². The van der Waals surface area contributed by atoms with Gasteiger partial charge in [-0.3, -0.25) is 0 Å². The maximum absolute atomic E-state index is 12.1. The Bertz CT molecular complexity index is 1070. The molecule has 3 aromatic rings. The van der Waals surface area contributed by atoms with E-state index in [9.17, 15) is 9.59 Å². The lowest BCUT2D eigenvalue weighted by Crippen LogP contribution is -2.04. The molecule has 0 fully saturated rings. The van der Waals surface area contributed by atoms with Crippen LogP contribution in [-0.2, 0) is 14.3 Å². The SMILES string of the molecule is C=CC(=O)OCCCCOc1ccc(C=CC(=O)Oc2ccc(-c3ccccc3)cc2)cc1. The van der Waals surface area contributed by atoms with Gasteiger partial charge >= 0.3 is 11.9 Å². The highest BCUT2D eigenvalue weighted by Gasteiger charge is 2.03. The number of carbonyl (C=O) groups excluding carboxylic acids is 2. The van der Waals surface area contributed by atoms with Crippen molar-refractivity contribution in [2.75, 3.05) is 13.2 Å². The van der Waals surface area contributed by atoms with Gasteiger partial charge in [0.25, 0.3) is 0 Å². The Morgan fingerprint density at radius 2 is 1.36 bits per heavy atom. The van der Waals surface area contributed by atoms with Gasteiger partial charge in [0.05, 0.1) is 13.2 Å². The number of rotatable bonds is 11. The average Bonchev–Trinajstić information content (AvgIpc) is 2.86. The van der Waals surface area contributed by atoms with Gasteiger partial charge in [0, 0.05) is 12.2 Å². The molecular weight excluding hydrogens is 416 g/mol.